The third-order valence-electron chi connectivity index (χ3n) is 3.11. The van der Waals surface area contributed by atoms with Gasteiger partial charge in [0.2, 0.25) is 0 Å². The molecule has 0 radical (unpaired) electrons. The number of nitrogens with zero attached hydrogens (tertiary/aromatic N) is 1. The van der Waals surface area contributed by atoms with Gasteiger partial charge >= 0.3 is 0 Å². The van der Waals surface area contributed by atoms with Crippen LogP contribution >= 0.6 is 0 Å². The van der Waals surface area contributed by atoms with Crippen LogP contribution in [-0.4, -0.2) is 51.5 Å². The minimum Gasteiger partial charge on any atom is -0.465 e. The van der Waals surface area contributed by atoms with Gasteiger partial charge in [-0.05, 0) is 26.0 Å². The first-order valence-electron chi connectivity index (χ1n) is 6.64. The van der Waals surface area contributed by atoms with Crippen molar-refractivity contribution in [2.75, 3.05) is 40.5 Å². The zero-order valence-electron chi connectivity index (χ0n) is 12.4. The molecule has 0 saturated heterocycles. The van der Waals surface area contributed by atoms with Crippen LogP contribution in [0.4, 0.5) is 0 Å². The minimum atomic E-state index is -0.0285. The van der Waals surface area contributed by atoms with E-state index in [9.17, 15) is 0 Å². The molecule has 0 amide bonds. The molecule has 0 bridgehead atoms. The Morgan fingerprint density at radius 3 is 2.16 bits per heavy atom. The smallest absolute Gasteiger partial charge is 0.122 e. The number of ether oxygens (including phenoxy) is 2. The van der Waals surface area contributed by atoms with E-state index >= 15 is 0 Å². The van der Waals surface area contributed by atoms with Crippen LogP contribution in [0.3, 0.4) is 0 Å². The first-order chi connectivity index (χ1) is 9.10. The maximum absolute atomic E-state index is 6.14. The lowest BCUT2D eigenvalue weighted by Gasteiger charge is -2.32. The van der Waals surface area contributed by atoms with Gasteiger partial charge in [0.25, 0.3) is 0 Å². The predicted octanol–water partition coefficient (Wildman–Crippen LogP) is 1.57. The average Bonchev–Trinajstić information content (AvgIpc) is 2.78. The molecular weight excluding hydrogens is 244 g/mol. The summed E-state index contributed by atoms with van der Waals surface area (Å²) in [5.74, 6) is 1.80. The number of nitrogens with two attached hydrogens (primary N) is 1. The van der Waals surface area contributed by atoms with Crippen molar-refractivity contribution in [3.8, 4) is 0 Å². The standard InChI is InChI=1S/C14H26N2O3/c1-11-5-6-13(19-11)14(12(2)15)16(7-9-17-3)8-10-18-4/h5-6,12,14H,7-10,15H2,1-4H3. The number of furan rings is 1. The maximum Gasteiger partial charge on any atom is 0.122 e. The maximum atomic E-state index is 6.14. The Morgan fingerprint density at radius 2 is 1.79 bits per heavy atom. The summed E-state index contributed by atoms with van der Waals surface area (Å²) in [6.07, 6.45) is 0. The second-order valence-corrected chi connectivity index (χ2v) is 4.77. The molecule has 0 aliphatic heterocycles. The molecule has 0 aromatic carbocycles. The second kappa shape index (κ2) is 8.32. The van der Waals surface area contributed by atoms with Crippen molar-refractivity contribution in [1.82, 2.24) is 4.90 Å². The van der Waals surface area contributed by atoms with Crippen LogP contribution in [0.15, 0.2) is 16.5 Å². The molecule has 5 nitrogen and oxygen atoms in total. The fraction of sp³-hybridized carbons (Fsp3) is 0.714. The number of hydrogen-bond donors (Lipinski definition) is 1. The highest BCUT2D eigenvalue weighted by Crippen LogP contribution is 2.25. The molecule has 0 spiro atoms. The molecule has 0 aliphatic rings. The van der Waals surface area contributed by atoms with Gasteiger partial charge in [0.15, 0.2) is 0 Å². The number of methoxy groups -OCH3 is 2. The van der Waals surface area contributed by atoms with E-state index < -0.39 is 0 Å². The highest BCUT2D eigenvalue weighted by molar-refractivity contribution is 5.11. The first kappa shape index (κ1) is 16.2. The van der Waals surface area contributed by atoms with Gasteiger partial charge in [0, 0.05) is 33.4 Å². The van der Waals surface area contributed by atoms with Gasteiger partial charge in [-0.2, -0.15) is 0 Å². The average molecular weight is 270 g/mol. The number of hydrogen-bond acceptors (Lipinski definition) is 5. The molecule has 0 fully saturated rings. The molecule has 1 aromatic heterocycles. The Morgan fingerprint density at radius 1 is 1.21 bits per heavy atom. The van der Waals surface area contributed by atoms with Gasteiger partial charge in [-0.25, -0.2) is 0 Å². The van der Waals surface area contributed by atoms with E-state index in [1.807, 2.05) is 26.0 Å². The van der Waals surface area contributed by atoms with Crippen molar-refractivity contribution in [1.29, 1.82) is 0 Å². The molecule has 1 aromatic rings. The van der Waals surface area contributed by atoms with Crippen molar-refractivity contribution < 1.29 is 13.9 Å². The molecule has 1 rings (SSSR count). The highest BCUT2D eigenvalue weighted by Gasteiger charge is 2.26. The van der Waals surface area contributed by atoms with Gasteiger partial charge in [-0.15, -0.1) is 0 Å². The Balaban J connectivity index is 2.84. The molecule has 110 valence electrons. The topological polar surface area (TPSA) is 60.9 Å². The van der Waals surface area contributed by atoms with Gasteiger partial charge in [-0.3, -0.25) is 4.90 Å². The molecule has 1 heterocycles. The molecular formula is C14H26N2O3. The van der Waals surface area contributed by atoms with Crippen molar-refractivity contribution in [2.24, 2.45) is 5.73 Å². The van der Waals surface area contributed by atoms with Crippen molar-refractivity contribution in [3.63, 3.8) is 0 Å². The Kier molecular flexibility index (Phi) is 7.09. The first-order valence-corrected chi connectivity index (χ1v) is 6.64. The monoisotopic (exact) mass is 270 g/mol. The van der Waals surface area contributed by atoms with E-state index in [0.717, 1.165) is 24.6 Å². The second-order valence-electron chi connectivity index (χ2n) is 4.77. The fourth-order valence-corrected chi connectivity index (χ4v) is 2.19. The Hall–Kier alpha value is -0.880. The van der Waals surface area contributed by atoms with E-state index in [2.05, 4.69) is 4.90 Å². The normalized spacial score (nSPS) is 14.8. The van der Waals surface area contributed by atoms with Crippen LogP contribution in [0.25, 0.3) is 0 Å². The van der Waals surface area contributed by atoms with Crippen LogP contribution < -0.4 is 5.73 Å². The van der Waals surface area contributed by atoms with E-state index in [1.165, 1.54) is 0 Å². The van der Waals surface area contributed by atoms with Crippen LogP contribution in [-0.2, 0) is 9.47 Å². The van der Waals surface area contributed by atoms with E-state index in [4.69, 9.17) is 19.6 Å². The third kappa shape index (κ3) is 4.95. The van der Waals surface area contributed by atoms with Crippen molar-refractivity contribution in [3.05, 3.63) is 23.7 Å². The summed E-state index contributed by atoms with van der Waals surface area (Å²) in [6, 6.07) is 3.98. The predicted molar refractivity (Wildman–Crippen MR) is 75.2 cm³/mol. The van der Waals surface area contributed by atoms with E-state index in [1.54, 1.807) is 14.2 Å². The van der Waals surface area contributed by atoms with Crippen LogP contribution in [0.1, 0.15) is 24.5 Å². The van der Waals surface area contributed by atoms with Gasteiger partial charge in [0.1, 0.15) is 11.5 Å². The molecule has 0 saturated carbocycles. The van der Waals surface area contributed by atoms with Gasteiger partial charge < -0.3 is 19.6 Å². The summed E-state index contributed by atoms with van der Waals surface area (Å²) >= 11 is 0. The summed E-state index contributed by atoms with van der Waals surface area (Å²) in [7, 11) is 3.40. The van der Waals surface area contributed by atoms with Gasteiger partial charge in [-0.1, -0.05) is 0 Å². The number of rotatable bonds is 9. The largest absolute Gasteiger partial charge is 0.465 e. The van der Waals surface area contributed by atoms with E-state index in [-0.39, 0.29) is 12.1 Å². The number of aryl methyl sites for hydroxylation is 1. The quantitative estimate of drug-likeness (QED) is 0.738. The molecule has 2 atom stereocenters. The minimum absolute atomic E-state index is 0.0285. The summed E-state index contributed by atoms with van der Waals surface area (Å²) in [6.45, 7) is 6.85. The summed E-state index contributed by atoms with van der Waals surface area (Å²) in [5.41, 5.74) is 6.14. The zero-order chi connectivity index (χ0) is 14.3. The SMILES string of the molecule is COCCN(CCOC)C(c1ccc(C)o1)C(C)N. The molecule has 19 heavy (non-hydrogen) atoms. The third-order valence-corrected chi connectivity index (χ3v) is 3.11. The summed E-state index contributed by atoms with van der Waals surface area (Å²) < 4.78 is 16.1. The van der Waals surface area contributed by atoms with Crippen molar-refractivity contribution >= 4 is 0 Å². The fourth-order valence-electron chi connectivity index (χ4n) is 2.19. The lowest BCUT2D eigenvalue weighted by molar-refractivity contribution is 0.0720. The van der Waals surface area contributed by atoms with Crippen LogP contribution in [0.2, 0.25) is 0 Å². The zero-order valence-corrected chi connectivity index (χ0v) is 12.4. The van der Waals surface area contributed by atoms with Gasteiger partial charge in [0.05, 0.1) is 19.3 Å². The lowest BCUT2D eigenvalue weighted by atomic mass is 10.1. The van der Waals surface area contributed by atoms with Crippen LogP contribution in [0, 0.1) is 6.92 Å². The van der Waals surface area contributed by atoms with E-state index in [0.29, 0.717) is 13.2 Å². The summed E-state index contributed by atoms with van der Waals surface area (Å²) in [5, 5.41) is 0. The highest BCUT2D eigenvalue weighted by atomic mass is 16.5. The van der Waals surface area contributed by atoms with Crippen LogP contribution in [0.5, 0.6) is 0 Å². The molecule has 2 unspecified atom stereocenters. The van der Waals surface area contributed by atoms with Crippen molar-refractivity contribution in [2.45, 2.75) is 25.9 Å². The Labute approximate surface area is 115 Å². The lowest BCUT2D eigenvalue weighted by Crippen LogP contribution is -2.42. The molecule has 5 heteroatoms. The molecule has 0 aliphatic carbocycles. The Bertz CT molecular complexity index is 344. The molecule has 2 N–H and O–H groups in total. The summed E-state index contributed by atoms with van der Waals surface area (Å²) in [4.78, 5) is 2.25.